The maximum Gasteiger partial charge on any atom is 0.417 e. The van der Waals surface area contributed by atoms with Gasteiger partial charge in [-0.15, -0.1) is 0 Å². The summed E-state index contributed by atoms with van der Waals surface area (Å²) in [6.07, 6.45) is -6.10. The molecule has 3 rings (SSSR count). The van der Waals surface area contributed by atoms with Gasteiger partial charge in [-0.05, 0) is 37.0 Å². The maximum atomic E-state index is 13.2. The van der Waals surface area contributed by atoms with Crippen molar-refractivity contribution >= 4 is 17.3 Å². The summed E-state index contributed by atoms with van der Waals surface area (Å²) in [5, 5.41) is 0.142. The van der Waals surface area contributed by atoms with E-state index in [-0.39, 0.29) is 22.5 Å². The molecular formula is C15H12F6S. The summed E-state index contributed by atoms with van der Waals surface area (Å²) in [7, 11) is 0. The normalized spacial score (nSPS) is 25.3. The molecule has 1 aromatic carbocycles. The fourth-order valence-corrected chi connectivity index (χ4v) is 4.66. The third kappa shape index (κ3) is 2.87. The van der Waals surface area contributed by atoms with E-state index in [4.69, 9.17) is 0 Å². The minimum absolute atomic E-state index is 0.0242. The van der Waals surface area contributed by atoms with Gasteiger partial charge in [0.1, 0.15) is 0 Å². The Hall–Kier alpha value is -1.11. The number of rotatable bonds is 1. The second-order valence-electron chi connectivity index (χ2n) is 5.49. The molecule has 7 heteroatoms. The molecule has 0 N–H and O–H groups in total. The van der Waals surface area contributed by atoms with E-state index in [9.17, 15) is 26.3 Å². The zero-order valence-corrected chi connectivity index (χ0v) is 12.1. The highest BCUT2D eigenvalue weighted by Crippen LogP contribution is 2.49. The number of halogens is 6. The van der Waals surface area contributed by atoms with Crippen LogP contribution in [-0.4, -0.2) is 10.5 Å². The molecule has 2 atom stereocenters. The lowest BCUT2D eigenvalue weighted by Gasteiger charge is -2.25. The van der Waals surface area contributed by atoms with E-state index >= 15 is 0 Å². The second kappa shape index (κ2) is 5.22. The van der Waals surface area contributed by atoms with Crippen LogP contribution in [0.25, 0.3) is 5.57 Å². The zero-order chi connectivity index (χ0) is 16.1. The Morgan fingerprint density at radius 1 is 0.909 bits per heavy atom. The van der Waals surface area contributed by atoms with Crippen LogP contribution in [0, 0.1) is 0 Å². The summed E-state index contributed by atoms with van der Waals surface area (Å²) in [6.45, 7) is 0. The number of benzene rings is 1. The number of hydrogen-bond donors (Lipinski definition) is 0. The summed E-state index contributed by atoms with van der Waals surface area (Å²) >= 11 is 1.64. The van der Waals surface area contributed by atoms with Gasteiger partial charge in [-0.3, -0.25) is 0 Å². The highest BCUT2D eigenvalue weighted by Gasteiger charge is 2.43. The molecule has 0 aromatic heterocycles. The third-order valence-corrected chi connectivity index (χ3v) is 5.48. The molecule has 1 fully saturated rings. The summed E-state index contributed by atoms with van der Waals surface area (Å²) in [5.74, 6) is 0. The second-order valence-corrected chi connectivity index (χ2v) is 7.04. The molecule has 0 aliphatic carbocycles. The van der Waals surface area contributed by atoms with Crippen molar-refractivity contribution < 1.29 is 26.3 Å². The Kier molecular flexibility index (Phi) is 3.74. The molecule has 120 valence electrons. The molecule has 1 aromatic rings. The first-order valence-corrected chi connectivity index (χ1v) is 7.74. The molecule has 2 aliphatic rings. The van der Waals surface area contributed by atoms with Crippen LogP contribution in [-0.2, 0) is 12.4 Å². The van der Waals surface area contributed by atoms with Crippen molar-refractivity contribution in [3.63, 3.8) is 0 Å². The quantitative estimate of drug-likeness (QED) is 0.585. The van der Waals surface area contributed by atoms with Gasteiger partial charge in [0.05, 0.1) is 11.1 Å². The van der Waals surface area contributed by atoms with E-state index in [1.54, 1.807) is 17.8 Å². The Morgan fingerprint density at radius 2 is 1.50 bits per heavy atom. The zero-order valence-electron chi connectivity index (χ0n) is 11.3. The summed E-state index contributed by atoms with van der Waals surface area (Å²) in [6, 6.07) is 2.28. The fourth-order valence-electron chi connectivity index (χ4n) is 3.10. The van der Waals surface area contributed by atoms with Crippen LogP contribution in [0.3, 0.4) is 0 Å². The Balaban J connectivity index is 2.19. The van der Waals surface area contributed by atoms with E-state index in [2.05, 4.69) is 0 Å². The van der Waals surface area contributed by atoms with Crippen molar-refractivity contribution in [3.05, 3.63) is 41.0 Å². The number of fused-ring (bicyclic) bond motifs is 2. The molecule has 0 amide bonds. The number of thioether (sulfide) groups is 1. The predicted molar refractivity (Wildman–Crippen MR) is 73.4 cm³/mol. The highest BCUT2D eigenvalue weighted by atomic mass is 32.2. The van der Waals surface area contributed by atoms with Gasteiger partial charge < -0.3 is 0 Å². The lowest BCUT2D eigenvalue weighted by atomic mass is 9.90. The lowest BCUT2D eigenvalue weighted by molar-refractivity contribution is -0.143. The minimum atomic E-state index is -4.80. The van der Waals surface area contributed by atoms with Crippen LogP contribution in [0.2, 0.25) is 0 Å². The average Bonchev–Trinajstić information content (AvgIpc) is 2.74. The van der Waals surface area contributed by atoms with Crippen molar-refractivity contribution in [3.8, 4) is 0 Å². The monoisotopic (exact) mass is 338 g/mol. The van der Waals surface area contributed by atoms with E-state index in [1.165, 1.54) is 0 Å². The SMILES string of the molecule is FC(F)(F)c1cccc(C(F)(F)F)c1C1=CC2CCC(C1)S2. The molecule has 0 saturated carbocycles. The summed E-state index contributed by atoms with van der Waals surface area (Å²) in [4.78, 5) is 0. The van der Waals surface area contributed by atoms with Crippen molar-refractivity contribution in [2.45, 2.75) is 42.1 Å². The van der Waals surface area contributed by atoms with Gasteiger partial charge >= 0.3 is 12.4 Å². The number of alkyl halides is 6. The van der Waals surface area contributed by atoms with E-state index in [0.29, 0.717) is 0 Å². The predicted octanol–water partition coefficient (Wildman–Crippen LogP) is 5.78. The summed E-state index contributed by atoms with van der Waals surface area (Å²) in [5.41, 5.74) is -2.88. The molecule has 2 unspecified atom stereocenters. The van der Waals surface area contributed by atoms with Gasteiger partial charge in [-0.2, -0.15) is 38.1 Å². The molecule has 2 bridgehead atoms. The first-order chi connectivity index (χ1) is 10.2. The Bertz CT molecular complexity index is 581. The van der Waals surface area contributed by atoms with Crippen LogP contribution in [0.15, 0.2) is 24.3 Å². The third-order valence-electron chi connectivity index (χ3n) is 3.97. The van der Waals surface area contributed by atoms with Crippen LogP contribution < -0.4 is 0 Å². The molecule has 0 spiro atoms. The van der Waals surface area contributed by atoms with Gasteiger partial charge in [0.2, 0.25) is 0 Å². The van der Waals surface area contributed by atoms with E-state index in [1.807, 2.05) is 0 Å². The van der Waals surface area contributed by atoms with Crippen molar-refractivity contribution in [1.29, 1.82) is 0 Å². The largest absolute Gasteiger partial charge is 0.417 e. The van der Waals surface area contributed by atoms with Gasteiger partial charge in [0, 0.05) is 16.1 Å². The van der Waals surface area contributed by atoms with Crippen LogP contribution >= 0.6 is 11.8 Å². The van der Waals surface area contributed by atoms with Gasteiger partial charge in [-0.1, -0.05) is 12.1 Å². The van der Waals surface area contributed by atoms with Crippen molar-refractivity contribution in [1.82, 2.24) is 0 Å². The number of allylic oxidation sites excluding steroid dienone is 1. The first kappa shape index (κ1) is 15.8. The van der Waals surface area contributed by atoms with E-state index in [0.717, 1.165) is 31.0 Å². The van der Waals surface area contributed by atoms with Crippen LogP contribution in [0.5, 0.6) is 0 Å². The topological polar surface area (TPSA) is 0 Å². The maximum absolute atomic E-state index is 13.2. The van der Waals surface area contributed by atoms with Gasteiger partial charge in [0.15, 0.2) is 0 Å². The minimum Gasteiger partial charge on any atom is -0.166 e. The Morgan fingerprint density at radius 3 is 2.00 bits per heavy atom. The summed E-state index contributed by atoms with van der Waals surface area (Å²) < 4.78 is 79.1. The van der Waals surface area contributed by atoms with E-state index < -0.39 is 29.0 Å². The molecule has 0 nitrogen and oxygen atoms in total. The lowest BCUT2D eigenvalue weighted by Crippen LogP contribution is -2.18. The molecule has 2 heterocycles. The molecular weight excluding hydrogens is 326 g/mol. The number of hydrogen-bond acceptors (Lipinski definition) is 1. The molecule has 0 radical (unpaired) electrons. The standard InChI is InChI=1S/C15H12F6S/c16-14(17,18)11-2-1-3-12(15(19,20)21)13(11)8-6-9-4-5-10(7-8)22-9/h1-3,6,9-10H,4-5,7H2. The molecule has 2 aliphatic heterocycles. The first-order valence-electron chi connectivity index (χ1n) is 6.80. The van der Waals surface area contributed by atoms with Crippen molar-refractivity contribution in [2.75, 3.05) is 0 Å². The van der Waals surface area contributed by atoms with Gasteiger partial charge in [-0.25, -0.2) is 0 Å². The van der Waals surface area contributed by atoms with Crippen molar-refractivity contribution in [2.24, 2.45) is 0 Å². The Labute approximate surface area is 127 Å². The van der Waals surface area contributed by atoms with Crippen LogP contribution in [0.4, 0.5) is 26.3 Å². The highest BCUT2D eigenvalue weighted by molar-refractivity contribution is 8.01. The molecule has 1 saturated heterocycles. The average molecular weight is 338 g/mol. The fraction of sp³-hybridized carbons (Fsp3) is 0.467. The molecule has 22 heavy (non-hydrogen) atoms. The van der Waals surface area contributed by atoms with Crippen LogP contribution in [0.1, 0.15) is 36.0 Å². The smallest absolute Gasteiger partial charge is 0.166 e. The van der Waals surface area contributed by atoms with Gasteiger partial charge in [0.25, 0.3) is 0 Å².